The van der Waals surface area contributed by atoms with E-state index in [2.05, 4.69) is 25.2 Å². The molecule has 0 bridgehead atoms. The summed E-state index contributed by atoms with van der Waals surface area (Å²) in [5.41, 5.74) is 1.33. The molecular weight excluding hydrogens is 144 g/mol. The van der Waals surface area contributed by atoms with Crippen LogP contribution in [0.4, 0.5) is 0 Å². The molecule has 0 atom stereocenters. The maximum absolute atomic E-state index is 4.55. The first kappa shape index (κ1) is 5.96. The van der Waals surface area contributed by atoms with Crippen LogP contribution < -0.4 is 5.11 Å². The second-order valence-corrected chi connectivity index (χ2v) is 1.88. The average molecular weight is 148 g/mol. The molecule has 11 heavy (non-hydrogen) atoms. The van der Waals surface area contributed by atoms with Crippen molar-refractivity contribution in [3.8, 4) is 0 Å². The van der Waals surface area contributed by atoms with Crippen LogP contribution in [0.2, 0.25) is 0 Å². The van der Waals surface area contributed by atoms with E-state index in [9.17, 15) is 0 Å². The van der Waals surface area contributed by atoms with Gasteiger partial charge in [0.1, 0.15) is 6.33 Å². The highest BCUT2D eigenvalue weighted by Crippen LogP contribution is 2.09. The second kappa shape index (κ2) is 2.45. The summed E-state index contributed by atoms with van der Waals surface area (Å²) >= 11 is 0. The highest BCUT2D eigenvalue weighted by atomic mass is 16.6. The quantitative estimate of drug-likeness (QED) is 0.582. The van der Waals surface area contributed by atoms with Gasteiger partial charge in [0, 0.05) is 6.20 Å². The molecular formula is C6H4N4O+. The van der Waals surface area contributed by atoms with E-state index in [1.54, 1.807) is 12.3 Å². The van der Waals surface area contributed by atoms with Gasteiger partial charge in [-0.3, -0.25) is 0 Å². The summed E-state index contributed by atoms with van der Waals surface area (Å²) in [5, 5.41) is 6.99. The van der Waals surface area contributed by atoms with E-state index in [1.807, 2.05) is 0 Å². The fraction of sp³-hybridized carbons (Fsp3) is 0. The van der Waals surface area contributed by atoms with Crippen LogP contribution in [0.5, 0.6) is 0 Å². The van der Waals surface area contributed by atoms with Crippen molar-refractivity contribution in [2.45, 2.75) is 0 Å². The smallest absolute Gasteiger partial charge is 0.303 e. The molecule has 5 heteroatoms. The van der Waals surface area contributed by atoms with Gasteiger partial charge >= 0.3 is 5.70 Å². The molecule has 0 spiro atoms. The Balaban J connectivity index is 2.37. The molecule has 0 amide bonds. The van der Waals surface area contributed by atoms with E-state index in [4.69, 9.17) is 0 Å². The molecule has 0 fully saturated rings. The van der Waals surface area contributed by atoms with Crippen LogP contribution in [0.1, 0.15) is 5.69 Å². The molecule has 1 aliphatic rings. The Bertz CT molecular complexity index is 306. The van der Waals surface area contributed by atoms with Gasteiger partial charge < -0.3 is 4.84 Å². The molecule has 2 rings (SSSR count). The van der Waals surface area contributed by atoms with Gasteiger partial charge in [-0.1, -0.05) is 0 Å². The molecule has 5 nitrogen and oxygen atoms in total. The summed E-state index contributed by atoms with van der Waals surface area (Å²) in [4.78, 5) is 12.3. The van der Waals surface area contributed by atoms with Crippen molar-refractivity contribution in [3.05, 3.63) is 30.5 Å². The maximum Gasteiger partial charge on any atom is 0.379 e. The van der Waals surface area contributed by atoms with Crippen molar-refractivity contribution in [2.75, 3.05) is 0 Å². The van der Waals surface area contributed by atoms with Gasteiger partial charge in [-0.2, -0.15) is 0 Å². The van der Waals surface area contributed by atoms with Crippen molar-refractivity contribution in [1.29, 1.82) is 0 Å². The van der Waals surface area contributed by atoms with E-state index in [0.717, 1.165) is 0 Å². The minimum Gasteiger partial charge on any atom is -0.303 e. The van der Waals surface area contributed by atoms with Gasteiger partial charge in [0.25, 0.3) is 10.4 Å². The Morgan fingerprint density at radius 1 is 1.45 bits per heavy atom. The van der Waals surface area contributed by atoms with Crippen LogP contribution in [0, 0.1) is 0 Å². The molecule has 0 saturated heterocycles. The highest BCUT2D eigenvalue weighted by Gasteiger charge is 2.21. The standard InChI is InChI=1S/C6H4N4O/c1-2-7-4-8-5(1)6-3-11-10-9-6/h1-4H/q+1. The van der Waals surface area contributed by atoms with E-state index < -0.39 is 0 Å². The first-order valence-electron chi connectivity index (χ1n) is 3.00. The lowest BCUT2D eigenvalue weighted by atomic mass is 10.3. The van der Waals surface area contributed by atoms with Crippen molar-refractivity contribution in [3.63, 3.8) is 0 Å². The molecule has 1 aromatic rings. The predicted molar refractivity (Wildman–Crippen MR) is 35.7 cm³/mol. The van der Waals surface area contributed by atoms with Crippen LogP contribution in [0.15, 0.2) is 30.1 Å². The Labute approximate surface area is 62.4 Å². The predicted octanol–water partition coefficient (Wildman–Crippen LogP) is 0.508. The van der Waals surface area contributed by atoms with Gasteiger partial charge in [-0.15, -0.1) is 0 Å². The summed E-state index contributed by atoms with van der Waals surface area (Å²) in [6, 6.07) is 1.74. The van der Waals surface area contributed by atoms with Crippen molar-refractivity contribution < 1.29 is 4.84 Å². The first-order valence-corrected chi connectivity index (χ1v) is 3.00. The molecule has 0 unspecified atom stereocenters. The number of nitrogens with zero attached hydrogens (tertiary/aromatic N) is 4. The molecule has 0 aliphatic carbocycles. The monoisotopic (exact) mass is 148 g/mol. The molecule has 0 aromatic carbocycles. The van der Waals surface area contributed by atoms with Gasteiger partial charge in [-0.05, 0) is 6.07 Å². The minimum absolute atomic E-state index is 0.618. The molecule has 1 aromatic heterocycles. The lowest BCUT2D eigenvalue weighted by molar-refractivity contribution is 0.254. The zero-order chi connectivity index (χ0) is 7.52. The third kappa shape index (κ3) is 1.07. The van der Waals surface area contributed by atoms with E-state index in [-0.39, 0.29) is 0 Å². The summed E-state index contributed by atoms with van der Waals surface area (Å²) < 4.78 is 0. The van der Waals surface area contributed by atoms with E-state index >= 15 is 0 Å². The number of hydrogen-bond donors (Lipinski definition) is 0. The zero-order valence-corrected chi connectivity index (χ0v) is 5.51. The molecule has 0 saturated carbocycles. The normalized spacial score (nSPS) is 14.4. The topological polar surface area (TPSA) is 61.5 Å². The van der Waals surface area contributed by atoms with Gasteiger partial charge in [0.05, 0.1) is 0 Å². The molecule has 2 heterocycles. The zero-order valence-electron chi connectivity index (χ0n) is 5.51. The summed E-state index contributed by atoms with van der Waals surface area (Å²) in [6.07, 6.45) is 4.52. The van der Waals surface area contributed by atoms with Crippen molar-refractivity contribution in [1.82, 2.24) is 15.1 Å². The number of aromatic nitrogens is 2. The summed E-state index contributed by atoms with van der Waals surface area (Å²) in [5.74, 6) is 0. The Hall–Kier alpha value is -1.78. The molecule has 53 valence electrons. The highest BCUT2D eigenvalue weighted by molar-refractivity contribution is 5.58. The number of hydrogen-bond acceptors (Lipinski definition) is 5. The van der Waals surface area contributed by atoms with Gasteiger partial charge in [0.2, 0.25) is 6.26 Å². The summed E-state index contributed by atoms with van der Waals surface area (Å²) in [6.45, 7) is 0. The minimum atomic E-state index is 0.618. The fourth-order valence-corrected chi connectivity index (χ4v) is 0.718. The number of rotatable bonds is 1. The molecule has 1 aliphatic heterocycles. The van der Waals surface area contributed by atoms with Crippen LogP contribution in [0.3, 0.4) is 0 Å². The summed E-state index contributed by atoms with van der Waals surface area (Å²) in [7, 11) is 0. The van der Waals surface area contributed by atoms with Crippen LogP contribution in [0.25, 0.3) is 5.70 Å². The largest absolute Gasteiger partial charge is 0.379 e. The average Bonchev–Trinajstić information content (AvgIpc) is 2.58. The Kier molecular flexibility index (Phi) is 1.33. The van der Waals surface area contributed by atoms with E-state index in [1.165, 1.54) is 12.6 Å². The van der Waals surface area contributed by atoms with Gasteiger partial charge in [-0.25, -0.2) is 9.97 Å². The van der Waals surface area contributed by atoms with Crippen molar-refractivity contribution in [2.24, 2.45) is 5.28 Å². The lowest BCUT2D eigenvalue weighted by Gasteiger charge is -1.83. The van der Waals surface area contributed by atoms with Crippen LogP contribution in [-0.4, -0.2) is 9.97 Å². The fourth-order valence-electron chi connectivity index (χ4n) is 0.718. The SMILES string of the molecule is C1=C(c2ccncn2)[N+]=NO1. The molecule has 0 N–H and O–H groups in total. The van der Waals surface area contributed by atoms with E-state index in [0.29, 0.717) is 11.4 Å². The van der Waals surface area contributed by atoms with Crippen LogP contribution >= 0.6 is 0 Å². The maximum atomic E-state index is 4.55. The first-order chi connectivity index (χ1) is 5.47. The van der Waals surface area contributed by atoms with Gasteiger partial charge in [0.15, 0.2) is 5.69 Å². The molecule has 1 radical (unpaired) electrons. The van der Waals surface area contributed by atoms with Crippen LogP contribution in [-0.2, 0) is 4.84 Å². The Morgan fingerprint density at radius 2 is 2.45 bits per heavy atom. The lowest BCUT2D eigenvalue weighted by Crippen LogP contribution is -1.90. The van der Waals surface area contributed by atoms with Crippen molar-refractivity contribution >= 4 is 5.70 Å². The third-order valence-electron chi connectivity index (χ3n) is 1.20. The Morgan fingerprint density at radius 3 is 3.09 bits per heavy atom. The second-order valence-electron chi connectivity index (χ2n) is 1.88. The third-order valence-corrected chi connectivity index (χ3v) is 1.20.